The Labute approximate surface area is 181 Å². The molecule has 0 fully saturated rings. The van der Waals surface area contributed by atoms with Gasteiger partial charge in [-0.15, -0.1) is 0 Å². The molecule has 0 aromatic heterocycles. The maximum absolute atomic E-state index is 12.1. The Morgan fingerprint density at radius 3 is 2.03 bits per heavy atom. The summed E-state index contributed by atoms with van der Waals surface area (Å²) in [6.45, 7) is 5.02. The first kappa shape index (κ1) is 25.5. The number of non-ortho nitro benzene ring substituents is 1. The zero-order valence-electron chi connectivity index (χ0n) is 18.1. The fourth-order valence-electron chi connectivity index (χ4n) is 3.45. The lowest BCUT2D eigenvalue weighted by atomic mass is 9.96. The number of amides is 1. The Morgan fingerprint density at radius 1 is 0.966 bits per heavy atom. The van der Waals surface area contributed by atoms with Gasteiger partial charge >= 0.3 is 0 Å². The van der Waals surface area contributed by atoms with Gasteiger partial charge < -0.3 is 5.32 Å². The summed E-state index contributed by atoms with van der Waals surface area (Å²) in [6, 6.07) is 5.68. The van der Waals surface area contributed by atoms with Gasteiger partial charge in [-0.2, -0.15) is 12.6 Å². The lowest BCUT2D eigenvalue weighted by Crippen LogP contribution is -2.26. The fourth-order valence-corrected chi connectivity index (χ4v) is 3.77. The quantitative estimate of drug-likeness (QED) is 0.134. The van der Waals surface area contributed by atoms with Crippen LogP contribution in [0.1, 0.15) is 101 Å². The van der Waals surface area contributed by atoms with E-state index in [0.717, 1.165) is 19.3 Å². The number of hydrogen-bond acceptors (Lipinski definition) is 4. The molecule has 0 aliphatic carbocycles. The van der Waals surface area contributed by atoms with Crippen molar-refractivity contribution in [2.24, 2.45) is 0 Å². The van der Waals surface area contributed by atoms with Gasteiger partial charge in [-0.05, 0) is 31.4 Å². The largest absolute Gasteiger partial charge is 0.352 e. The van der Waals surface area contributed by atoms with Crippen LogP contribution >= 0.6 is 12.6 Å². The maximum Gasteiger partial charge on any atom is 0.269 e. The average Bonchev–Trinajstić information content (AvgIpc) is 2.70. The average molecular weight is 423 g/mol. The van der Waals surface area contributed by atoms with Crippen LogP contribution in [0.2, 0.25) is 0 Å². The van der Waals surface area contributed by atoms with Crippen LogP contribution in [0.5, 0.6) is 0 Å². The van der Waals surface area contributed by atoms with Crippen LogP contribution in [0.25, 0.3) is 0 Å². The summed E-state index contributed by atoms with van der Waals surface area (Å²) in [5.74, 6) is -0.195. The molecule has 0 aliphatic rings. The van der Waals surface area contributed by atoms with Crippen molar-refractivity contribution in [3.05, 3.63) is 39.9 Å². The van der Waals surface area contributed by atoms with Crippen molar-refractivity contribution in [2.45, 2.75) is 95.6 Å². The van der Waals surface area contributed by atoms with Crippen LogP contribution < -0.4 is 5.32 Å². The summed E-state index contributed by atoms with van der Waals surface area (Å²) in [4.78, 5) is 22.3. The second-order valence-corrected chi connectivity index (χ2v) is 9.32. The molecular formula is C23H38N2O3S. The number of thiol groups is 1. The molecule has 0 saturated carbocycles. The van der Waals surface area contributed by atoms with Crippen molar-refractivity contribution < 1.29 is 9.72 Å². The van der Waals surface area contributed by atoms with Gasteiger partial charge in [0, 0.05) is 29.0 Å². The molecule has 0 aliphatic heterocycles. The van der Waals surface area contributed by atoms with Crippen LogP contribution in [0.15, 0.2) is 24.3 Å². The standard InChI is InChI=1S/C23H38N2O3S/c1-3-4-5-6-7-8-9-10-11-17-23(2,29)18-12-19-24-22(26)20-13-15-21(16-14-20)25(27)28/h13-16,29H,3-12,17-19H2,1-2H3,(H,24,26). The first-order valence-corrected chi connectivity index (χ1v) is 11.6. The van der Waals surface area contributed by atoms with Crippen molar-refractivity contribution in [1.82, 2.24) is 5.32 Å². The minimum Gasteiger partial charge on any atom is -0.352 e. The highest BCUT2D eigenvalue weighted by atomic mass is 32.1. The fraction of sp³-hybridized carbons (Fsp3) is 0.696. The van der Waals surface area contributed by atoms with Gasteiger partial charge in [0.1, 0.15) is 0 Å². The molecule has 0 radical (unpaired) electrons. The van der Waals surface area contributed by atoms with Crippen molar-refractivity contribution in [2.75, 3.05) is 6.54 Å². The van der Waals surface area contributed by atoms with Gasteiger partial charge in [-0.25, -0.2) is 0 Å². The van der Waals surface area contributed by atoms with Crippen LogP contribution in [-0.2, 0) is 0 Å². The van der Waals surface area contributed by atoms with Gasteiger partial charge in [-0.1, -0.05) is 71.6 Å². The minimum absolute atomic E-state index is 0.000781. The van der Waals surface area contributed by atoms with Crippen LogP contribution in [0.4, 0.5) is 5.69 Å². The molecule has 0 saturated heterocycles. The first-order valence-electron chi connectivity index (χ1n) is 11.1. The number of hydrogen-bond donors (Lipinski definition) is 2. The molecular weight excluding hydrogens is 384 g/mol. The second-order valence-electron chi connectivity index (χ2n) is 8.24. The molecule has 164 valence electrons. The summed E-state index contributed by atoms with van der Waals surface area (Å²) in [5.41, 5.74) is 0.433. The van der Waals surface area contributed by atoms with E-state index < -0.39 is 4.92 Å². The summed E-state index contributed by atoms with van der Waals surface area (Å²) >= 11 is 4.82. The van der Waals surface area contributed by atoms with Crippen LogP contribution in [0.3, 0.4) is 0 Å². The monoisotopic (exact) mass is 422 g/mol. The third kappa shape index (κ3) is 11.9. The predicted octanol–water partition coefficient (Wildman–Crippen LogP) is 6.71. The van der Waals surface area contributed by atoms with E-state index >= 15 is 0 Å². The van der Waals surface area contributed by atoms with E-state index in [1.165, 1.54) is 82.1 Å². The lowest BCUT2D eigenvalue weighted by Gasteiger charge is -2.23. The van der Waals surface area contributed by atoms with Crippen molar-refractivity contribution >= 4 is 24.2 Å². The van der Waals surface area contributed by atoms with Gasteiger partial charge in [0.2, 0.25) is 0 Å². The number of nitro benzene ring substituents is 1. The normalized spacial score (nSPS) is 13.1. The molecule has 1 unspecified atom stereocenters. The van der Waals surface area contributed by atoms with E-state index in [2.05, 4.69) is 19.2 Å². The highest BCUT2D eigenvalue weighted by Crippen LogP contribution is 2.27. The minimum atomic E-state index is -0.469. The Morgan fingerprint density at radius 2 is 1.48 bits per heavy atom. The highest BCUT2D eigenvalue weighted by molar-refractivity contribution is 7.81. The number of carbonyl (C=O) groups is 1. The van der Waals surface area contributed by atoms with E-state index in [1.807, 2.05) is 0 Å². The third-order valence-electron chi connectivity index (χ3n) is 5.34. The second kappa shape index (κ2) is 14.4. The Balaban J connectivity index is 2.11. The van der Waals surface area contributed by atoms with E-state index in [4.69, 9.17) is 12.6 Å². The topological polar surface area (TPSA) is 72.2 Å². The van der Waals surface area contributed by atoms with Gasteiger partial charge in [-0.3, -0.25) is 14.9 Å². The molecule has 1 atom stereocenters. The van der Waals surface area contributed by atoms with Crippen molar-refractivity contribution in [1.29, 1.82) is 0 Å². The summed E-state index contributed by atoms with van der Waals surface area (Å²) < 4.78 is -0.000781. The van der Waals surface area contributed by atoms with Crippen LogP contribution in [0, 0.1) is 10.1 Å². The van der Waals surface area contributed by atoms with E-state index in [1.54, 1.807) is 0 Å². The smallest absolute Gasteiger partial charge is 0.269 e. The van der Waals surface area contributed by atoms with E-state index in [0.29, 0.717) is 12.1 Å². The SMILES string of the molecule is CCCCCCCCCCCC(C)(S)CCCNC(=O)c1ccc([N+](=O)[O-])cc1. The lowest BCUT2D eigenvalue weighted by molar-refractivity contribution is -0.384. The zero-order valence-corrected chi connectivity index (χ0v) is 19.0. The molecule has 1 rings (SSSR count). The van der Waals surface area contributed by atoms with Crippen LogP contribution in [-0.4, -0.2) is 22.1 Å². The highest BCUT2D eigenvalue weighted by Gasteiger charge is 2.18. The summed E-state index contributed by atoms with van der Waals surface area (Å²) in [6.07, 6.45) is 14.9. The zero-order chi connectivity index (χ0) is 21.5. The molecule has 0 spiro atoms. The molecule has 1 aromatic rings. The summed E-state index contributed by atoms with van der Waals surface area (Å²) in [5, 5.41) is 13.5. The molecule has 1 aromatic carbocycles. The third-order valence-corrected chi connectivity index (χ3v) is 5.78. The molecule has 1 amide bonds. The molecule has 0 heterocycles. The van der Waals surface area contributed by atoms with Gasteiger partial charge in [0.25, 0.3) is 11.6 Å². The number of nitrogens with one attached hydrogen (secondary N) is 1. The summed E-state index contributed by atoms with van der Waals surface area (Å²) in [7, 11) is 0. The molecule has 29 heavy (non-hydrogen) atoms. The molecule has 5 nitrogen and oxygen atoms in total. The molecule has 6 heteroatoms. The first-order chi connectivity index (χ1) is 13.9. The van der Waals surface area contributed by atoms with Gasteiger partial charge in [0.05, 0.1) is 4.92 Å². The van der Waals surface area contributed by atoms with E-state index in [9.17, 15) is 14.9 Å². The Bertz CT molecular complexity index is 603. The van der Waals surface area contributed by atoms with E-state index in [-0.39, 0.29) is 16.3 Å². The Kier molecular flexibility index (Phi) is 12.7. The maximum atomic E-state index is 12.1. The van der Waals surface area contributed by atoms with Gasteiger partial charge in [0.15, 0.2) is 0 Å². The number of nitro groups is 1. The molecule has 1 N–H and O–H groups in total. The van der Waals surface area contributed by atoms with Crippen molar-refractivity contribution in [3.63, 3.8) is 0 Å². The number of nitrogens with zero attached hydrogens (tertiary/aromatic N) is 1. The Hall–Kier alpha value is -1.56. The number of unbranched alkanes of at least 4 members (excludes halogenated alkanes) is 8. The van der Waals surface area contributed by atoms with Crippen molar-refractivity contribution in [3.8, 4) is 0 Å². The molecule has 0 bridgehead atoms. The number of rotatable bonds is 16. The predicted molar refractivity (Wildman–Crippen MR) is 124 cm³/mol. The number of carbonyl (C=O) groups excluding carboxylic acids is 1. The number of benzene rings is 1.